The summed E-state index contributed by atoms with van der Waals surface area (Å²) in [6, 6.07) is -0.211. The molecule has 1 rings (SSSR count). The van der Waals surface area contributed by atoms with E-state index in [4.69, 9.17) is 9.47 Å². The largest absolute Gasteiger partial charge is 0.383 e. The first-order valence-electron chi connectivity index (χ1n) is 5.50. The smallest absolute Gasteiger partial charge is 0.370 e. The van der Waals surface area contributed by atoms with Gasteiger partial charge in [-0.05, 0) is 6.92 Å². The standard InChI is InChI=1S/C10H19F2IN2O2/c1-8-9(13)15(5-7-17-3)10(11,12)14(8)4-6-16-2/h8-9H,4-7H2,1-3H3. The molecule has 0 aliphatic carbocycles. The summed E-state index contributed by atoms with van der Waals surface area (Å²) < 4.78 is 37.8. The van der Waals surface area contributed by atoms with Crippen LogP contribution in [0, 0.1) is 0 Å². The molecule has 0 aromatic rings. The number of methoxy groups -OCH3 is 2. The lowest BCUT2D eigenvalue weighted by Crippen LogP contribution is -2.49. The van der Waals surface area contributed by atoms with Crippen molar-refractivity contribution in [1.29, 1.82) is 0 Å². The predicted molar refractivity (Wildman–Crippen MR) is 69.4 cm³/mol. The average Bonchev–Trinajstić information content (AvgIpc) is 2.43. The molecular weight excluding hydrogens is 345 g/mol. The van der Waals surface area contributed by atoms with Crippen LogP contribution in [0.25, 0.3) is 0 Å². The van der Waals surface area contributed by atoms with Crippen molar-refractivity contribution in [3.05, 3.63) is 0 Å². The highest BCUT2D eigenvalue weighted by Crippen LogP contribution is 2.40. The summed E-state index contributed by atoms with van der Waals surface area (Å²) in [6.45, 7) is 2.88. The number of halogens is 3. The normalized spacial score (nSPS) is 30.0. The van der Waals surface area contributed by atoms with Crippen LogP contribution in [0.2, 0.25) is 0 Å². The van der Waals surface area contributed by atoms with E-state index in [-0.39, 0.29) is 23.2 Å². The molecule has 0 aromatic heterocycles. The fourth-order valence-corrected chi connectivity index (χ4v) is 2.94. The van der Waals surface area contributed by atoms with Crippen molar-refractivity contribution >= 4 is 22.6 Å². The summed E-state index contributed by atoms with van der Waals surface area (Å²) in [5, 5.41) is 0. The maximum absolute atomic E-state index is 14.2. The molecule has 1 aliphatic heterocycles. The van der Waals surface area contributed by atoms with Gasteiger partial charge in [0.15, 0.2) is 0 Å². The molecule has 1 saturated heterocycles. The summed E-state index contributed by atoms with van der Waals surface area (Å²) in [5.74, 6) is 0. The number of ether oxygens (including phenoxy) is 2. The third kappa shape index (κ3) is 3.25. The first-order chi connectivity index (χ1) is 7.96. The van der Waals surface area contributed by atoms with Crippen LogP contribution in [0.3, 0.4) is 0 Å². The zero-order valence-corrected chi connectivity index (χ0v) is 12.5. The first-order valence-corrected chi connectivity index (χ1v) is 6.74. The van der Waals surface area contributed by atoms with Crippen LogP contribution in [0.15, 0.2) is 0 Å². The van der Waals surface area contributed by atoms with E-state index in [1.54, 1.807) is 0 Å². The number of nitrogens with zero attached hydrogens (tertiary/aromatic N) is 2. The highest BCUT2D eigenvalue weighted by molar-refractivity contribution is 14.1. The van der Waals surface area contributed by atoms with Crippen molar-refractivity contribution in [3.8, 4) is 0 Å². The van der Waals surface area contributed by atoms with Crippen LogP contribution in [0.5, 0.6) is 0 Å². The molecule has 4 nitrogen and oxygen atoms in total. The molecule has 0 N–H and O–H groups in total. The molecule has 0 amide bonds. The Labute approximate surface area is 114 Å². The molecule has 2 atom stereocenters. The summed E-state index contributed by atoms with van der Waals surface area (Å²) in [7, 11) is 3.03. The van der Waals surface area contributed by atoms with Gasteiger partial charge in [-0.25, -0.2) is 9.80 Å². The topological polar surface area (TPSA) is 24.9 Å². The van der Waals surface area contributed by atoms with Crippen LogP contribution in [-0.4, -0.2) is 66.6 Å². The third-order valence-corrected chi connectivity index (χ3v) is 4.66. The van der Waals surface area contributed by atoms with Gasteiger partial charge in [0.2, 0.25) is 0 Å². The van der Waals surface area contributed by atoms with E-state index in [9.17, 15) is 8.78 Å². The van der Waals surface area contributed by atoms with Crippen LogP contribution in [-0.2, 0) is 9.47 Å². The van der Waals surface area contributed by atoms with Gasteiger partial charge >= 0.3 is 6.17 Å². The zero-order chi connectivity index (χ0) is 13.1. The maximum atomic E-state index is 14.2. The SMILES string of the molecule is COCCN1C(C)C(I)N(CCOC)C1(F)F. The number of rotatable bonds is 6. The summed E-state index contributed by atoms with van der Waals surface area (Å²) in [6.07, 6.45) is -2.93. The van der Waals surface area contributed by atoms with Crippen molar-refractivity contribution in [3.63, 3.8) is 0 Å². The fraction of sp³-hybridized carbons (Fsp3) is 1.00. The van der Waals surface area contributed by atoms with Gasteiger partial charge in [-0.15, -0.1) is 0 Å². The molecule has 0 spiro atoms. The van der Waals surface area contributed by atoms with Crippen molar-refractivity contribution in [2.75, 3.05) is 40.5 Å². The van der Waals surface area contributed by atoms with Crippen LogP contribution in [0.1, 0.15) is 6.92 Å². The minimum atomic E-state index is -2.93. The van der Waals surface area contributed by atoms with Gasteiger partial charge in [0, 0.05) is 33.4 Å². The lowest BCUT2D eigenvalue weighted by atomic mass is 10.3. The predicted octanol–water partition coefficient (Wildman–Crippen LogP) is 1.60. The fourth-order valence-electron chi connectivity index (χ4n) is 1.94. The second-order valence-corrected chi connectivity index (χ2v) is 5.27. The molecule has 7 heteroatoms. The number of hydrogen-bond acceptors (Lipinski definition) is 4. The molecule has 0 saturated carbocycles. The highest BCUT2D eigenvalue weighted by Gasteiger charge is 2.56. The zero-order valence-electron chi connectivity index (χ0n) is 10.3. The molecule has 2 unspecified atom stereocenters. The summed E-state index contributed by atoms with van der Waals surface area (Å²) >= 11 is 2.06. The molecule has 0 bridgehead atoms. The van der Waals surface area contributed by atoms with Gasteiger partial charge in [-0.1, -0.05) is 22.6 Å². The van der Waals surface area contributed by atoms with Gasteiger partial charge in [-0.2, -0.15) is 8.78 Å². The van der Waals surface area contributed by atoms with E-state index < -0.39 is 6.17 Å². The Bertz CT molecular complexity index is 224. The van der Waals surface area contributed by atoms with Gasteiger partial charge in [0.25, 0.3) is 0 Å². The Kier molecular flexibility index (Phi) is 5.97. The Morgan fingerprint density at radius 3 is 2.06 bits per heavy atom. The van der Waals surface area contributed by atoms with E-state index >= 15 is 0 Å². The van der Waals surface area contributed by atoms with E-state index in [1.807, 2.05) is 6.92 Å². The lowest BCUT2D eigenvalue weighted by Gasteiger charge is -2.30. The maximum Gasteiger partial charge on any atom is 0.370 e. The lowest BCUT2D eigenvalue weighted by molar-refractivity contribution is -0.219. The molecule has 1 aliphatic rings. The molecule has 1 heterocycles. The monoisotopic (exact) mass is 364 g/mol. The summed E-state index contributed by atoms with van der Waals surface area (Å²) in [4.78, 5) is 2.36. The van der Waals surface area contributed by atoms with Crippen LogP contribution >= 0.6 is 22.6 Å². The van der Waals surface area contributed by atoms with E-state index in [0.717, 1.165) is 0 Å². The second-order valence-electron chi connectivity index (χ2n) is 4.00. The first kappa shape index (κ1) is 15.5. The van der Waals surface area contributed by atoms with Gasteiger partial charge in [-0.3, -0.25) is 0 Å². The van der Waals surface area contributed by atoms with Crippen molar-refractivity contribution < 1.29 is 18.3 Å². The minimum absolute atomic E-state index is 0.211. The Hall–Kier alpha value is 0.430. The molecule has 102 valence electrons. The quantitative estimate of drug-likeness (QED) is 0.406. The highest BCUT2D eigenvalue weighted by atomic mass is 127. The van der Waals surface area contributed by atoms with Crippen LogP contribution in [0.4, 0.5) is 8.78 Å². The van der Waals surface area contributed by atoms with E-state index in [0.29, 0.717) is 13.2 Å². The van der Waals surface area contributed by atoms with Crippen molar-refractivity contribution in [2.24, 2.45) is 0 Å². The third-order valence-electron chi connectivity index (χ3n) is 2.95. The van der Waals surface area contributed by atoms with E-state index in [2.05, 4.69) is 22.6 Å². The average molecular weight is 364 g/mol. The number of alkyl halides is 3. The molecule has 17 heavy (non-hydrogen) atoms. The van der Waals surface area contributed by atoms with Gasteiger partial charge in [0.1, 0.15) is 0 Å². The minimum Gasteiger partial charge on any atom is -0.383 e. The Morgan fingerprint density at radius 2 is 1.59 bits per heavy atom. The van der Waals surface area contributed by atoms with Crippen molar-refractivity contribution in [2.45, 2.75) is 23.2 Å². The Balaban J connectivity index is 2.73. The molecule has 1 fully saturated rings. The molecule has 0 radical (unpaired) electrons. The van der Waals surface area contributed by atoms with Crippen LogP contribution < -0.4 is 0 Å². The number of hydrogen-bond donors (Lipinski definition) is 0. The Morgan fingerprint density at radius 1 is 1.12 bits per heavy atom. The second kappa shape index (κ2) is 6.55. The summed E-state index contributed by atoms with van der Waals surface area (Å²) in [5.41, 5.74) is 0. The van der Waals surface area contributed by atoms with Gasteiger partial charge in [0.05, 0.1) is 17.3 Å². The van der Waals surface area contributed by atoms with Gasteiger partial charge < -0.3 is 9.47 Å². The van der Waals surface area contributed by atoms with Crippen molar-refractivity contribution in [1.82, 2.24) is 9.80 Å². The van der Waals surface area contributed by atoms with E-state index in [1.165, 1.54) is 24.0 Å². The molecular formula is C10H19F2IN2O2. The molecule has 0 aromatic carbocycles.